The lowest BCUT2D eigenvalue weighted by atomic mass is 10.3. The van der Waals surface area contributed by atoms with Gasteiger partial charge < -0.3 is 0 Å². The van der Waals surface area contributed by atoms with Gasteiger partial charge in [0, 0.05) is 5.71 Å². The molecule has 1 aromatic carbocycles. The van der Waals surface area contributed by atoms with Gasteiger partial charge in [-0.2, -0.15) is 0 Å². The number of para-hydroxylation sites is 2. The van der Waals surface area contributed by atoms with Gasteiger partial charge in [-0.15, -0.1) is 0 Å². The lowest BCUT2D eigenvalue weighted by Gasteiger charge is -2.03. The van der Waals surface area contributed by atoms with Crippen molar-refractivity contribution in [3.8, 4) is 0 Å². The minimum absolute atomic E-state index is 0.645. The Hall–Kier alpha value is -2.16. The summed E-state index contributed by atoms with van der Waals surface area (Å²) in [4.78, 5) is 8.60. The molecule has 0 unspecified atom stereocenters. The van der Waals surface area contributed by atoms with Gasteiger partial charge in [-0.3, -0.25) is 4.57 Å². The van der Waals surface area contributed by atoms with Crippen molar-refractivity contribution in [2.24, 2.45) is 4.99 Å². The van der Waals surface area contributed by atoms with Crippen LogP contribution >= 0.6 is 0 Å². The molecule has 3 heteroatoms. The van der Waals surface area contributed by atoms with E-state index < -0.39 is 0 Å². The number of benzene rings is 1. The molecular formula is C13H13N3. The summed E-state index contributed by atoms with van der Waals surface area (Å²) in [7, 11) is 0. The molecule has 0 spiro atoms. The van der Waals surface area contributed by atoms with Crippen LogP contribution in [0.5, 0.6) is 0 Å². The van der Waals surface area contributed by atoms with Gasteiger partial charge in [-0.1, -0.05) is 25.3 Å². The summed E-state index contributed by atoms with van der Waals surface area (Å²) in [6, 6.07) is 7.88. The highest BCUT2D eigenvalue weighted by Gasteiger charge is 2.03. The first-order valence-corrected chi connectivity index (χ1v) is 5.01. The molecule has 3 nitrogen and oxygen atoms in total. The van der Waals surface area contributed by atoms with Crippen LogP contribution in [-0.2, 0) is 0 Å². The molecular weight excluding hydrogens is 198 g/mol. The number of hydrogen-bond donors (Lipinski definition) is 0. The van der Waals surface area contributed by atoms with Crippen molar-refractivity contribution in [3.05, 3.63) is 49.8 Å². The summed E-state index contributed by atoms with van der Waals surface area (Å²) in [6.07, 6.45) is 3.43. The monoisotopic (exact) mass is 211 g/mol. The molecule has 0 saturated heterocycles. The third-order valence-electron chi connectivity index (χ3n) is 2.33. The Labute approximate surface area is 94.5 Å². The van der Waals surface area contributed by atoms with Gasteiger partial charge in [0.1, 0.15) is 12.1 Å². The van der Waals surface area contributed by atoms with Crippen LogP contribution in [0, 0.1) is 0 Å². The Morgan fingerprint density at radius 1 is 1.44 bits per heavy atom. The zero-order valence-corrected chi connectivity index (χ0v) is 9.22. The zero-order valence-electron chi connectivity index (χ0n) is 9.22. The van der Waals surface area contributed by atoms with Gasteiger partial charge >= 0.3 is 0 Å². The average molecular weight is 211 g/mol. The van der Waals surface area contributed by atoms with Gasteiger partial charge in [0.15, 0.2) is 0 Å². The first-order valence-electron chi connectivity index (χ1n) is 5.01. The first-order chi connectivity index (χ1) is 7.72. The van der Waals surface area contributed by atoms with E-state index in [1.165, 1.54) is 0 Å². The SMILES string of the molecule is C=CC(C)=NC(=C)n1cnc2ccccc21. The number of hydrogen-bond acceptors (Lipinski definition) is 2. The lowest BCUT2D eigenvalue weighted by molar-refractivity contribution is 1.10. The lowest BCUT2D eigenvalue weighted by Crippen LogP contribution is -1.94. The fourth-order valence-electron chi connectivity index (χ4n) is 1.47. The number of rotatable bonds is 3. The summed E-state index contributed by atoms with van der Waals surface area (Å²) in [5.41, 5.74) is 2.78. The van der Waals surface area contributed by atoms with Crippen molar-refractivity contribution < 1.29 is 0 Å². The number of aromatic nitrogens is 2. The van der Waals surface area contributed by atoms with Gasteiger partial charge in [-0.05, 0) is 25.1 Å². The van der Waals surface area contributed by atoms with E-state index in [0.29, 0.717) is 5.82 Å². The quantitative estimate of drug-likeness (QED) is 0.717. The van der Waals surface area contributed by atoms with Gasteiger partial charge in [0.05, 0.1) is 11.0 Å². The second kappa shape index (κ2) is 4.14. The third kappa shape index (κ3) is 1.80. The third-order valence-corrected chi connectivity index (χ3v) is 2.33. The van der Waals surface area contributed by atoms with Crippen LogP contribution in [0.4, 0.5) is 0 Å². The molecule has 0 atom stereocenters. The Morgan fingerprint density at radius 3 is 2.94 bits per heavy atom. The van der Waals surface area contributed by atoms with Crippen molar-refractivity contribution in [2.75, 3.05) is 0 Å². The van der Waals surface area contributed by atoms with Gasteiger partial charge in [-0.25, -0.2) is 9.98 Å². The molecule has 0 amide bonds. The van der Waals surface area contributed by atoms with Crippen molar-refractivity contribution in [2.45, 2.75) is 6.92 Å². The number of fused-ring (bicyclic) bond motifs is 1. The summed E-state index contributed by atoms with van der Waals surface area (Å²) in [5.74, 6) is 0.645. The average Bonchev–Trinajstić information content (AvgIpc) is 2.72. The fourth-order valence-corrected chi connectivity index (χ4v) is 1.47. The van der Waals surface area contributed by atoms with Crippen LogP contribution in [-0.4, -0.2) is 15.3 Å². The van der Waals surface area contributed by atoms with Crippen molar-refractivity contribution >= 4 is 22.6 Å². The zero-order chi connectivity index (χ0) is 11.5. The fraction of sp³-hybridized carbons (Fsp3) is 0.0769. The van der Waals surface area contributed by atoms with E-state index in [2.05, 4.69) is 23.1 Å². The highest BCUT2D eigenvalue weighted by molar-refractivity contribution is 5.95. The Morgan fingerprint density at radius 2 is 2.19 bits per heavy atom. The smallest absolute Gasteiger partial charge is 0.131 e. The van der Waals surface area contributed by atoms with Crippen molar-refractivity contribution in [1.82, 2.24) is 9.55 Å². The highest BCUT2D eigenvalue weighted by Crippen LogP contribution is 2.16. The first kappa shape index (κ1) is 10.4. The van der Waals surface area contributed by atoms with Crippen molar-refractivity contribution in [3.63, 3.8) is 0 Å². The molecule has 2 rings (SSSR count). The maximum Gasteiger partial charge on any atom is 0.131 e. The van der Waals surface area contributed by atoms with E-state index in [1.807, 2.05) is 35.8 Å². The van der Waals surface area contributed by atoms with Crippen molar-refractivity contribution in [1.29, 1.82) is 0 Å². The van der Waals surface area contributed by atoms with Gasteiger partial charge in [0.2, 0.25) is 0 Å². The predicted octanol–water partition coefficient (Wildman–Crippen LogP) is 3.11. The maximum atomic E-state index is 4.32. The van der Waals surface area contributed by atoms with Crippen LogP contribution in [0.25, 0.3) is 16.9 Å². The van der Waals surface area contributed by atoms with Gasteiger partial charge in [0.25, 0.3) is 0 Å². The predicted molar refractivity (Wildman–Crippen MR) is 68.4 cm³/mol. The largest absolute Gasteiger partial charge is 0.283 e. The van der Waals surface area contributed by atoms with E-state index in [4.69, 9.17) is 0 Å². The topological polar surface area (TPSA) is 30.2 Å². The summed E-state index contributed by atoms with van der Waals surface area (Å²) >= 11 is 0. The molecule has 2 aromatic rings. The molecule has 0 aliphatic heterocycles. The summed E-state index contributed by atoms with van der Waals surface area (Å²) in [6.45, 7) is 9.47. The number of imidazole rings is 1. The van der Waals surface area contributed by atoms with E-state index in [1.54, 1.807) is 12.4 Å². The minimum atomic E-state index is 0.645. The summed E-state index contributed by atoms with van der Waals surface area (Å²) < 4.78 is 1.86. The van der Waals surface area contributed by atoms with Crippen LogP contribution in [0.2, 0.25) is 0 Å². The minimum Gasteiger partial charge on any atom is -0.283 e. The van der Waals surface area contributed by atoms with E-state index >= 15 is 0 Å². The highest BCUT2D eigenvalue weighted by atomic mass is 15.1. The number of nitrogens with zero attached hydrogens (tertiary/aromatic N) is 3. The van der Waals surface area contributed by atoms with Crippen LogP contribution in [0.15, 0.2) is 54.8 Å². The van der Waals surface area contributed by atoms with E-state index in [9.17, 15) is 0 Å². The summed E-state index contributed by atoms with van der Waals surface area (Å²) in [5, 5.41) is 0. The number of aliphatic imine (C=N–C) groups is 1. The normalized spacial score (nSPS) is 11.7. The molecule has 1 heterocycles. The second-order valence-electron chi connectivity index (χ2n) is 3.48. The standard InChI is InChI=1S/C13H13N3/c1-4-10(2)15-11(3)16-9-14-12-7-5-6-8-13(12)16/h4-9H,1,3H2,2H3. The molecule has 0 saturated carbocycles. The Balaban J connectivity index is 2.48. The second-order valence-corrected chi connectivity index (χ2v) is 3.48. The molecule has 0 aliphatic rings. The molecule has 0 bridgehead atoms. The molecule has 0 N–H and O–H groups in total. The number of allylic oxidation sites excluding steroid dienone is 1. The Bertz CT molecular complexity index is 576. The molecule has 1 aromatic heterocycles. The van der Waals surface area contributed by atoms with Crippen LogP contribution in [0.3, 0.4) is 0 Å². The molecule has 0 radical (unpaired) electrons. The van der Waals surface area contributed by atoms with Crippen LogP contribution in [0.1, 0.15) is 6.92 Å². The molecule has 0 aliphatic carbocycles. The van der Waals surface area contributed by atoms with E-state index in [0.717, 1.165) is 16.7 Å². The maximum absolute atomic E-state index is 4.32. The van der Waals surface area contributed by atoms with Crippen LogP contribution < -0.4 is 0 Å². The molecule has 16 heavy (non-hydrogen) atoms. The van der Waals surface area contributed by atoms with E-state index in [-0.39, 0.29) is 0 Å². The molecule has 80 valence electrons. The molecule has 0 fully saturated rings. The Kier molecular flexibility index (Phi) is 2.68.